The Bertz CT molecular complexity index is 1230. The van der Waals surface area contributed by atoms with E-state index in [1.165, 1.54) is 23.7 Å². The summed E-state index contributed by atoms with van der Waals surface area (Å²) in [5.41, 5.74) is 1.90. The summed E-state index contributed by atoms with van der Waals surface area (Å²) in [7, 11) is 0. The van der Waals surface area contributed by atoms with Crippen LogP contribution < -0.4 is 5.32 Å². The summed E-state index contributed by atoms with van der Waals surface area (Å²) < 4.78 is 27.1. The Morgan fingerprint density at radius 2 is 2.00 bits per heavy atom. The minimum absolute atomic E-state index is 0.109. The second-order valence-electron chi connectivity index (χ2n) is 6.27. The monoisotopic (exact) mass is 465 g/mol. The van der Waals surface area contributed by atoms with E-state index in [1.807, 2.05) is 12.1 Å². The molecule has 0 aliphatic carbocycles. The molecule has 4 aromatic rings. The van der Waals surface area contributed by atoms with Gasteiger partial charge < -0.3 is 0 Å². The van der Waals surface area contributed by atoms with Gasteiger partial charge in [0.2, 0.25) is 0 Å². The maximum atomic E-state index is 13.2. The van der Waals surface area contributed by atoms with Crippen molar-refractivity contribution < 1.29 is 13.6 Å². The highest BCUT2D eigenvalue weighted by Gasteiger charge is 2.21. The number of nitrogens with one attached hydrogen (secondary N) is 1. The van der Waals surface area contributed by atoms with Crippen molar-refractivity contribution in [2.75, 3.05) is 5.32 Å². The zero-order valence-electron chi connectivity index (χ0n) is 15.7. The van der Waals surface area contributed by atoms with Gasteiger partial charge in [-0.15, -0.1) is 11.3 Å². The minimum atomic E-state index is -2.72. The van der Waals surface area contributed by atoms with Gasteiger partial charge in [0.25, 0.3) is 5.91 Å². The van der Waals surface area contributed by atoms with E-state index in [0.29, 0.717) is 36.3 Å². The molecule has 0 bridgehead atoms. The Kier molecular flexibility index (Phi) is 5.63. The number of halogens is 3. The smallest absolute Gasteiger partial charge is 0.297 e. The Morgan fingerprint density at radius 3 is 2.73 bits per heavy atom. The lowest BCUT2D eigenvalue weighted by atomic mass is 10.2. The largest absolute Gasteiger partial charge is 0.320 e. The van der Waals surface area contributed by atoms with E-state index in [1.54, 1.807) is 26.0 Å². The van der Waals surface area contributed by atoms with E-state index in [0.717, 1.165) is 21.5 Å². The fourth-order valence-corrected chi connectivity index (χ4v) is 4.92. The molecule has 30 heavy (non-hydrogen) atoms. The van der Waals surface area contributed by atoms with E-state index in [2.05, 4.69) is 20.3 Å². The molecule has 0 saturated carbocycles. The molecule has 11 heteroatoms. The summed E-state index contributed by atoms with van der Waals surface area (Å²) in [5, 5.41) is 4.29. The van der Waals surface area contributed by atoms with Crippen molar-refractivity contribution in [3.8, 4) is 21.3 Å². The Hall–Kier alpha value is -2.69. The van der Waals surface area contributed by atoms with E-state index in [9.17, 15) is 13.6 Å². The van der Waals surface area contributed by atoms with Gasteiger partial charge in [-0.05, 0) is 26.0 Å². The number of aromatic nitrogens is 4. The molecule has 1 amide bonds. The van der Waals surface area contributed by atoms with Gasteiger partial charge in [0, 0.05) is 23.0 Å². The van der Waals surface area contributed by atoms with Crippen LogP contribution in [0.3, 0.4) is 0 Å². The van der Waals surface area contributed by atoms with Gasteiger partial charge in [-0.3, -0.25) is 14.7 Å². The van der Waals surface area contributed by atoms with Crippen molar-refractivity contribution in [1.29, 1.82) is 0 Å². The quantitative estimate of drug-likeness (QED) is 0.389. The van der Waals surface area contributed by atoms with E-state index >= 15 is 0 Å². The lowest BCUT2D eigenvalue weighted by Crippen LogP contribution is -2.11. The zero-order valence-corrected chi connectivity index (χ0v) is 18.1. The Labute approximate surface area is 183 Å². The topological polar surface area (TPSA) is 72.7 Å². The Morgan fingerprint density at radius 1 is 1.20 bits per heavy atom. The van der Waals surface area contributed by atoms with Crippen LogP contribution in [0.1, 0.15) is 27.6 Å². The summed E-state index contributed by atoms with van der Waals surface area (Å²) in [5.74, 6) is -0.256. The number of amides is 1. The number of carbonyl (C=O) groups excluding carboxylic acids is 1. The van der Waals surface area contributed by atoms with E-state index < -0.39 is 6.55 Å². The summed E-state index contributed by atoms with van der Waals surface area (Å²) in [6, 6.07) is 7.23. The molecule has 3 heterocycles. The summed E-state index contributed by atoms with van der Waals surface area (Å²) in [4.78, 5) is 26.5. The number of nitrogens with zero attached hydrogens (tertiary/aromatic N) is 4. The number of thiazole rings is 2. The number of anilines is 1. The van der Waals surface area contributed by atoms with Crippen LogP contribution in [-0.4, -0.2) is 25.4 Å². The number of carbonyl (C=O) groups is 1. The van der Waals surface area contributed by atoms with Crippen LogP contribution in [0.2, 0.25) is 5.02 Å². The number of benzene rings is 1. The fraction of sp³-hybridized carbons (Fsp3) is 0.158. The first-order valence-electron chi connectivity index (χ1n) is 8.67. The Balaban J connectivity index is 1.59. The van der Waals surface area contributed by atoms with Gasteiger partial charge >= 0.3 is 6.55 Å². The second-order valence-corrected chi connectivity index (χ2v) is 8.70. The second kappa shape index (κ2) is 8.21. The highest BCUT2D eigenvalue weighted by Crippen LogP contribution is 2.35. The van der Waals surface area contributed by atoms with Crippen molar-refractivity contribution in [2.45, 2.75) is 20.4 Å². The summed E-state index contributed by atoms with van der Waals surface area (Å²) in [6.45, 7) is 0.713. The lowest BCUT2D eigenvalue weighted by molar-refractivity contribution is 0.0720. The predicted molar refractivity (Wildman–Crippen MR) is 115 cm³/mol. The summed E-state index contributed by atoms with van der Waals surface area (Å²) in [6.07, 6.45) is 2.51. The van der Waals surface area contributed by atoms with E-state index in [-0.39, 0.29) is 11.7 Å². The van der Waals surface area contributed by atoms with Gasteiger partial charge in [0.15, 0.2) is 11.0 Å². The third-order valence-electron chi connectivity index (χ3n) is 4.17. The van der Waals surface area contributed by atoms with Crippen LogP contribution >= 0.6 is 34.3 Å². The standard InChI is InChI=1S/C19H14ClF2N5OS2/c1-9-13(15-23-6-7-27(15)18(21)22)30-19(25-9)26-16(28)14-10(2)24-17(29-14)11-4-3-5-12(20)8-11/h3-8,18H,1-2H3,(H,25,26,28). The average Bonchev–Trinajstić information content (AvgIpc) is 3.40. The third-order valence-corrected chi connectivity index (χ3v) is 6.68. The third kappa shape index (κ3) is 3.98. The molecule has 0 fully saturated rings. The maximum Gasteiger partial charge on any atom is 0.320 e. The molecule has 154 valence electrons. The number of alkyl halides is 2. The number of rotatable bonds is 5. The van der Waals surface area contributed by atoms with Crippen LogP contribution in [0.25, 0.3) is 21.3 Å². The lowest BCUT2D eigenvalue weighted by Gasteiger charge is -2.04. The van der Waals surface area contributed by atoms with Crippen LogP contribution in [-0.2, 0) is 0 Å². The summed E-state index contributed by atoms with van der Waals surface area (Å²) >= 11 is 8.37. The van der Waals surface area contributed by atoms with Crippen LogP contribution in [0.15, 0.2) is 36.7 Å². The molecule has 0 aliphatic rings. The van der Waals surface area contributed by atoms with Gasteiger partial charge in [0.1, 0.15) is 9.88 Å². The molecule has 0 radical (unpaired) electrons. The number of hydrogen-bond acceptors (Lipinski definition) is 6. The first kappa shape index (κ1) is 20.6. The van der Waals surface area contributed by atoms with Gasteiger partial charge in [-0.25, -0.2) is 15.0 Å². The number of aryl methyl sites for hydroxylation is 2. The maximum absolute atomic E-state index is 13.2. The molecule has 4 rings (SSSR count). The average molecular weight is 466 g/mol. The number of hydrogen-bond donors (Lipinski definition) is 1. The molecule has 0 atom stereocenters. The first-order chi connectivity index (χ1) is 14.3. The van der Waals surface area contributed by atoms with Crippen molar-refractivity contribution in [2.24, 2.45) is 0 Å². The molecule has 1 aromatic carbocycles. The number of imidazole rings is 1. The molecule has 3 aromatic heterocycles. The molecule has 0 saturated heterocycles. The van der Waals surface area contributed by atoms with Crippen LogP contribution in [0.4, 0.5) is 13.9 Å². The van der Waals surface area contributed by atoms with Gasteiger partial charge in [-0.1, -0.05) is 35.1 Å². The highest BCUT2D eigenvalue weighted by atomic mass is 35.5. The SMILES string of the molecule is Cc1nc(-c2cccc(Cl)c2)sc1C(=O)Nc1nc(C)c(-c2nccn2C(F)F)s1. The molecule has 1 N–H and O–H groups in total. The van der Waals surface area contributed by atoms with Crippen LogP contribution in [0.5, 0.6) is 0 Å². The molecule has 0 spiro atoms. The molecular formula is C19H14ClF2N5OS2. The van der Waals surface area contributed by atoms with Crippen molar-refractivity contribution in [3.05, 3.63) is 57.9 Å². The van der Waals surface area contributed by atoms with Crippen molar-refractivity contribution in [1.82, 2.24) is 19.5 Å². The zero-order chi connectivity index (χ0) is 21.4. The molecule has 6 nitrogen and oxygen atoms in total. The normalized spacial score (nSPS) is 11.3. The first-order valence-corrected chi connectivity index (χ1v) is 10.7. The molecular weight excluding hydrogens is 452 g/mol. The van der Waals surface area contributed by atoms with Gasteiger partial charge in [0.05, 0.1) is 16.3 Å². The van der Waals surface area contributed by atoms with E-state index in [4.69, 9.17) is 11.6 Å². The van der Waals surface area contributed by atoms with Crippen molar-refractivity contribution in [3.63, 3.8) is 0 Å². The minimum Gasteiger partial charge on any atom is -0.297 e. The molecule has 0 unspecified atom stereocenters. The van der Waals surface area contributed by atoms with Crippen LogP contribution in [0, 0.1) is 13.8 Å². The fourth-order valence-electron chi connectivity index (χ4n) is 2.81. The van der Waals surface area contributed by atoms with Gasteiger partial charge in [-0.2, -0.15) is 8.78 Å². The molecule has 0 aliphatic heterocycles. The predicted octanol–water partition coefficient (Wildman–Crippen LogP) is 6.05. The van der Waals surface area contributed by atoms with Crippen molar-refractivity contribution >= 4 is 45.3 Å². The highest BCUT2D eigenvalue weighted by molar-refractivity contribution is 7.19.